The van der Waals surface area contributed by atoms with Gasteiger partial charge in [-0.1, -0.05) is 164 Å². The van der Waals surface area contributed by atoms with E-state index in [1.807, 2.05) is 120 Å². The Morgan fingerprint density at radius 1 is 0.841 bits per heavy atom. The topological polar surface area (TPSA) is 130 Å². The average Bonchev–Trinajstić information content (AvgIpc) is 3.68. The van der Waals surface area contributed by atoms with E-state index >= 15 is 0 Å². The molecule has 0 saturated carbocycles. The van der Waals surface area contributed by atoms with Crippen LogP contribution in [-0.2, 0) is 37.8 Å². The van der Waals surface area contributed by atoms with Gasteiger partial charge in [0.1, 0.15) is 25.4 Å². The summed E-state index contributed by atoms with van der Waals surface area (Å²) in [6.45, 7) is 23.4. The zero-order valence-corrected chi connectivity index (χ0v) is 44.2. The first-order valence-electron chi connectivity index (χ1n) is 24.6. The molecule has 12 heteroatoms. The van der Waals surface area contributed by atoms with Crippen molar-refractivity contribution in [2.75, 3.05) is 27.4 Å². The first kappa shape index (κ1) is 56.0. The van der Waals surface area contributed by atoms with Crippen LogP contribution in [0.4, 0.5) is 4.79 Å². The van der Waals surface area contributed by atoms with Crippen LogP contribution in [0.3, 0.4) is 0 Å². The molecule has 1 N–H and O–H groups in total. The van der Waals surface area contributed by atoms with Gasteiger partial charge in [-0.2, -0.15) is 0 Å². The molecule has 0 spiro atoms. The maximum absolute atomic E-state index is 14.8. The number of amides is 2. The van der Waals surface area contributed by atoms with Crippen LogP contribution in [-0.4, -0.2) is 88.3 Å². The number of hydrogen-bond donors (Lipinski definition) is 1. The molecule has 3 aromatic carbocycles. The van der Waals surface area contributed by atoms with Gasteiger partial charge in [0.15, 0.2) is 14.4 Å². The van der Waals surface area contributed by atoms with Crippen molar-refractivity contribution in [2.45, 2.75) is 136 Å². The Hall–Kier alpha value is -5.56. The molecule has 0 heterocycles. The number of nitrogens with zero attached hydrogens (tertiary/aromatic N) is 1. The van der Waals surface area contributed by atoms with E-state index in [-0.39, 0.29) is 43.0 Å². The highest BCUT2D eigenvalue weighted by molar-refractivity contribution is 6.73. The van der Waals surface area contributed by atoms with Gasteiger partial charge >= 0.3 is 18.0 Å². The number of allylic oxidation sites excluding steroid dienone is 2. The smallest absolute Gasteiger partial charge is 0.407 e. The molecule has 3 aromatic rings. The second-order valence-electron chi connectivity index (χ2n) is 18.8. The highest BCUT2D eigenvalue weighted by Gasteiger charge is 2.46. The number of methoxy groups -OCH3 is 1. The minimum atomic E-state index is -2.31. The molecule has 0 aliphatic heterocycles. The molecule has 6 atom stereocenters. The van der Waals surface area contributed by atoms with Crippen molar-refractivity contribution in [3.8, 4) is 11.1 Å². The van der Waals surface area contributed by atoms with Gasteiger partial charge < -0.3 is 33.6 Å². The van der Waals surface area contributed by atoms with Gasteiger partial charge in [0.05, 0.1) is 11.7 Å². The number of nitrogens with one attached hydrogen (secondary N) is 1. The van der Waals surface area contributed by atoms with Crippen molar-refractivity contribution in [3.63, 3.8) is 0 Å². The number of likely N-dealkylation sites (N-methyl/N-ethyl adjacent to an activating group) is 1. The quantitative estimate of drug-likeness (QED) is 0.0209. The number of esters is 2. The lowest BCUT2D eigenvalue weighted by molar-refractivity contribution is -0.159. The molecule has 11 nitrogen and oxygen atoms in total. The Labute approximate surface area is 413 Å². The van der Waals surface area contributed by atoms with Crippen LogP contribution in [0, 0.1) is 11.8 Å². The normalized spacial score (nSPS) is 15.8. The van der Waals surface area contributed by atoms with E-state index in [0.717, 1.165) is 51.5 Å². The molecular weight excluding hydrogens is 885 g/mol. The molecule has 0 unspecified atom stereocenters. The number of ether oxygens (including phenoxy) is 4. The molecule has 0 saturated heterocycles. The summed E-state index contributed by atoms with van der Waals surface area (Å²) in [6.07, 6.45) is 8.48. The fraction of sp³-hybridized carbons (Fsp3) is 0.474. The average molecular weight is 963 g/mol. The molecule has 69 heavy (non-hydrogen) atoms. The summed E-state index contributed by atoms with van der Waals surface area (Å²) >= 11 is 0. The fourth-order valence-electron chi connectivity index (χ4n) is 9.23. The molecule has 0 aromatic heterocycles. The van der Waals surface area contributed by atoms with Crippen molar-refractivity contribution in [1.82, 2.24) is 10.2 Å². The molecule has 0 radical (unpaired) electrons. The highest BCUT2D eigenvalue weighted by Crippen LogP contribution is 2.44. The summed E-state index contributed by atoms with van der Waals surface area (Å²) in [5.41, 5.74) is 5.45. The Kier molecular flexibility index (Phi) is 21.5. The van der Waals surface area contributed by atoms with Crippen molar-refractivity contribution < 1.29 is 42.6 Å². The van der Waals surface area contributed by atoms with E-state index in [1.54, 1.807) is 21.1 Å². The lowest BCUT2D eigenvalue weighted by atomic mass is 9.95. The van der Waals surface area contributed by atoms with Crippen molar-refractivity contribution in [2.24, 2.45) is 11.8 Å². The summed E-state index contributed by atoms with van der Waals surface area (Å²) < 4.78 is 30.7. The maximum Gasteiger partial charge on any atom is 0.407 e. The van der Waals surface area contributed by atoms with Crippen LogP contribution >= 0.6 is 0 Å². The van der Waals surface area contributed by atoms with E-state index in [4.69, 9.17) is 23.4 Å². The summed E-state index contributed by atoms with van der Waals surface area (Å²) in [5.74, 6) is -1.94. The van der Waals surface area contributed by atoms with Gasteiger partial charge in [0, 0.05) is 31.6 Å². The number of carbonyl (C=O) groups excluding carboxylic acids is 4. The van der Waals surface area contributed by atoms with Crippen LogP contribution in [0.15, 0.2) is 127 Å². The lowest BCUT2D eigenvalue weighted by Gasteiger charge is -2.42. The summed E-state index contributed by atoms with van der Waals surface area (Å²) in [4.78, 5) is 56.7. The minimum absolute atomic E-state index is 0.0749. The van der Waals surface area contributed by atoms with Crippen molar-refractivity contribution in [1.29, 1.82) is 0 Å². The largest absolute Gasteiger partial charge is 0.460 e. The van der Waals surface area contributed by atoms with E-state index in [1.165, 1.54) is 11.0 Å². The molecular formula is C57H78N2O9Si. The predicted molar refractivity (Wildman–Crippen MR) is 278 cm³/mol. The standard InChI is InChI=1S/C57H78N2O9Si/c1-14-37-65-54(61)50(39(6)15-2)59(12)53(60)42(9)35-36-49(64-13)40(7)27-26-28-41(8)51(43-29-20-19-21-30-43)67-55(62)52(57(10,11)68-69(16-3,17-4)18-5)58-56(63)66-38-48-46-33-24-22-31-44(46)45-32-23-25-34-47(45)48/h14,19-35,39,41,48-52H,1,15-18,36-38H2,2-13H3,(H,58,63)/b28-26+,40-27+,42-35+/t39-,41+,49+,50-,51-,52+/m0/s1. The van der Waals surface area contributed by atoms with Crippen molar-refractivity contribution in [3.05, 3.63) is 144 Å². The molecule has 4 rings (SSSR count). The van der Waals surface area contributed by atoms with Gasteiger partial charge in [-0.25, -0.2) is 14.4 Å². The number of rotatable bonds is 26. The Morgan fingerprint density at radius 2 is 1.42 bits per heavy atom. The van der Waals surface area contributed by atoms with Crippen LogP contribution < -0.4 is 5.32 Å². The number of hydrogen-bond acceptors (Lipinski definition) is 9. The van der Waals surface area contributed by atoms with Crippen LogP contribution in [0.5, 0.6) is 0 Å². The van der Waals surface area contributed by atoms with Crippen LogP contribution in [0.2, 0.25) is 18.1 Å². The first-order chi connectivity index (χ1) is 32.9. The predicted octanol–water partition coefficient (Wildman–Crippen LogP) is 12.1. The van der Waals surface area contributed by atoms with Gasteiger partial charge in [-0.3, -0.25) is 4.79 Å². The minimum Gasteiger partial charge on any atom is -0.460 e. The third-order valence-electron chi connectivity index (χ3n) is 13.8. The van der Waals surface area contributed by atoms with Gasteiger partial charge in [0.2, 0.25) is 5.91 Å². The second-order valence-corrected chi connectivity index (χ2v) is 23.5. The first-order valence-corrected chi connectivity index (χ1v) is 27.1. The molecule has 0 fully saturated rings. The zero-order chi connectivity index (χ0) is 50.9. The summed E-state index contributed by atoms with van der Waals surface area (Å²) in [7, 11) is 0.941. The molecule has 1 aliphatic carbocycles. The summed E-state index contributed by atoms with van der Waals surface area (Å²) in [5, 5.41) is 2.92. The third-order valence-corrected chi connectivity index (χ3v) is 18.7. The third kappa shape index (κ3) is 14.5. The van der Waals surface area contributed by atoms with Gasteiger partial charge in [0.25, 0.3) is 0 Å². The van der Waals surface area contributed by atoms with E-state index < -0.39 is 50.1 Å². The number of fused-ring (bicyclic) bond motifs is 3. The molecule has 1 aliphatic rings. The SMILES string of the molecule is C=CCOC(=O)[C@H]([C@@H](C)CC)N(C)C(=O)/C(C)=C/C[C@@H](OC)/C(C)=C/C=C/[C@@H](C)[C@H](OC(=O)[C@@H](NC(=O)OCC1c2ccccc2-c2ccccc21)C(C)(C)O[Si](CC)(CC)CC)c1ccccc1. The fourth-order valence-corrected chi connectivity index (χ4v) is 12.4. The van der Waals surface area contributed by atoms with E-state index in [9.17, 15) is 19.2 Å². The monoisotopic (exact) mass is 963 g/mol. The Balaban J connectivity index is 1.55. The van der Waals surface area contributed by atoms with E-state index in [0.29, 0.717) is 18.4 Å². The molecule has 2 amide bonds. The lowest BCUT2D eigenvalue weighted by Crippen LogP contribution is -2.60. The molecule has 374 valence electrons. The maximum atomic E-state index is 14.8. The number of carbonyl (C=O) groups is 4. The highest BCUT2D eigenvalue weighted by atomic mass is 28.4. The van der Waals surface area contributed by atoms with Crippen LogP contribution in [0.25, 0.3) is 11.1 Å². The summed E-state index contributed by atoms with van der Waals surface area (Å²) in [6, 6.07) is 26.5. The van der Waals surface area contributed by atoms with E-state index in [2.05, 4.69) is 56.9 Å². The van der Waals surface area contributed by atoms with Gasteiger partial charge in [-0.05, 0) is 91.6 Å². The van der Waals surface area contributed by atoms with Gasteiger partial charge in [-0.15, -0.1) is 0 Å². The Bertz CT molecular complexity index is 2230. The second kappa shape index (κ2) is 26.4. The van der Waals surface area contributed by atoms with Crippen LogP contribution in [0.1, 0.15) is 111 Å². The zero-order valence-electron chi connectivity index (χ0n) is 43.2. The Morgan fingerprint density at radius 3 is 1.97 bits per heavy atom. The number of alkyl carbamates (subject to hydrolysis) is 1. The molecule has 0 bridgehead atoms. The van der Waals surface area contributed by atoms with Crippen molar-refractivity contribution >= 4 is 32.3 Å². The number of benzene rings is 3.